The summed E-state index contributed by atoms with van der Waals surface area (Å²) in [6, 6.07) is 15.6. The van der Waals surface area contributed by atoms with Crippen molar-refractivity contribution >= 4 is 28.7 Å². The lowest BCUT2D eigenvalue weighted by Crippen LogP contribution is -2.39. The van der Waals surface area contributed by atoms with Crippen LogP contribution < -0.4 is 4.74 Å². The van der Waals surface area contributed by atoms with E-state index >= 15 is 0 Å². The lowest BCUT2D eigenvalue weighted by atomic mass is 10.00. The molecule has 28 heavy (non-hydrogen) atoms. The molecule has 5 nitrogen and oxygen atoms in total. The average molecular weight is 394 g/mol. The standard InChI is InChI=1S/C22H23N3O2S/c26-22(15-8-10-16(11-9-15)27-17-13-28-14-17)25-12-4-3-7-20(25)21-23-18-5-1-2-6-19(18)24-21/h1-2,5-6,8-11,17,20H,3-4,7,12-14H2,(H,23,24). The highest BCUT2D eigenvalue weighted by Crippen LogP contribution is 2.32. The van der Waals surface area contributed by atoms with E-state index in [4.69, 9.17) is 9.72 Å². The number of fused-ring (bicyclic) bond motifs is 1. The highest BCUT2D eigenvalue weighted by molar-refractivity contribution is 8.00. The van der Waals surface area contributed by atoms with E-state index in [-0.39, 0.29) is 11.9 Å². The molecule has 3 heterocycles. The fourth-order valence-electron chi connectivity index (χ4n) is 3.91. The third kappa shape index (κ3) is 3.37. The Labute approximate surface area is 168 Å². The number of piperidine rings is 1. The van der Waals surface area contributed by atoms with Crippen LogP contribution in [0.2, 0.25) is 0 Å². The molecule has 5 rings (SSSR count). The predicted octanol–water partition coefficient (Wildman–Crippen LogP) is 4.42. The zero-order valence-corrected chi connectivity index (χ0v) is 16.5. The van der Waals surface area contributed by atoms with Gasteiger partial charge in [0.15, 0.2) is 0 Å². The molecule has 0 bridgehead atoms. The van der Waals surface area contributed by atoms with Crippen molar-refractivity contribution in [1.82, 2.24) is 14.9 Å². The molecule has 144 valence electrons. The van der Waals surface area contributed by atoms with Gasteiger partial charge in [-0.1, -0.05) is 12.1 Å². The van der Waals surface area contributed by atoms with Crippen LogP contribution in [-0.2, 0) is 0 Å². The minimum Gasteiger partial charge on any atom is -0.489 e. The molecule has 2 aromatic carbocycles. The fourth-order valence-corrected chi connectivity index (χ4v) is 4.47. The number of thioether (sulfide) groups is 1. The Kier molecular flexibility index (Phi) is 4.72. The van der Waals surface area contributed by atoms with Crippen LogP contribution in [0.15, 0.2) is 48.5 Å². The molecule has 1 N–H and O–H groups in total. The van der Waals surface area contributed by atoms with Crippen molar-refractivity contribution < 1.29 is 9.53 Å². The Balaban J connectivity index is 1.37. The Morgan fingerprint density at radius 1 is 1.11 bits per heavy atom. The summed E-state index contributed by atoms with van der Waals surface area (Å²) in [7, 11) is 0. The van der Waals surface area contributed by atoms with Crippen molar-refractivity contribution in [2.45, 2.75) is 31.4 Å². The third-order valence-electron chi connectivity index (χ3n) is 5.50. The summed E-state index contributed by atoms with van der Waals surface area (Å²) in [5, 5.41) is 0. The van der Waals surface area contributed by atoms with Gasteiger partial charge in [0.2, 0.25) is 0 Å². The smallest absolute Gasteiger partial charge is 0.254 e. The molecule has 2 fully saturated rings. The predicted molar refractivity (Wildman–Crippen MR) is 112 cm³/mol. The minimum atomic E-state index is -0.00317. The second-order valence-electron chi connectivity index (χ2n) is 7.45. The summed E-state index contributed by atoms with van der Waals surface area (Å²) in [6.07, 6.45) is 3.39. The number of hydrogen-bond donors (Lipinski definition) is 1. The highest BCUT2D eigenvalue weighted by atomic mass is 32.2. The lowest BCUT2D eigenvalue weighted by molar-refractivity contribution is 0.0601. The number of hydrogen-bond acceptors (Lipinski definition) is 4. The van der Waals surface area contributed by atoms with E-state index < -0.39 is 0 Å². The van der Waals surface area contributed by atoms with Gasteiger partial charge in [-0.25, -0.2) is 4.98 Å². The Hall–Kier alpha value is -2.47. The topological polar surface area (TPSA) is 58.2 Å². The van der Waals surface area contributed by atoms with E-state index in [0.717, 1.165) is 59.9 Å². The number of aromatic nitrogens is 2. The van der Waals surface area contributed by atoms with Gasteiger partial charge in [-0.3, -0.25) is 4.79 Å². The van der Waals surface area contributed by atoms with Crippen LogP contribution >= 0.6 is 11.8 Å². The van der Waals surface area contributed by atoms with Gasteiger partial charge >= 0.3 is 0 Å². The van der Waals surface area contributed by atoms with Crippen molar-refractivity contribution in [2.24, 2.45) is 0 Å². The molecule has 1 aromatic heterocycles. The van der Waals surface area contributed by atoms with Gasteiger partial charge in [0.05, 0.1) is 17.1 Å². The average Bonchev–Trinajstić information content (AvgIpc) is 3.15. The molecule has 1 amide bonds. The number of para-hydroxylation sites is 2. The number of nitrogens with zero attached hydrogens (tertiary/aromatic N) is 2. The van der Waals surface area contributed by atoms with E-state index in [2.05, 4.69) is 4.98 Å². The van der Waals surface area contributed by atoms with Crippen LogP contribution in [0, 0.1) is 0 Å². The number of imidazole rings is 1. The summed E-state index contributed by atoms with van der Waals surface area (Å²) in [5.41, 5.74) is 2.68. The van der Waals surface area contributed by atoms with E-state index in [1.54, 1.807) is 0 Å². The van der Waals surface area contributed by atoms with Crippen molar-refractivity contribution in [2.75, 3.05) is 18.1 Å². The second-order valence-corrected chi connectivity index (χ2v) is 8.53. The molecule has 2 aliphatic heterocycles. The van der Waals surface area contributed by atoms with Gasteiger partial charge < -0.3 is 14.6 Å². The highest BCUT2D eigenvalue weighted by Gasteiger charge is 2.31. The van der Waals surface area contributed by atoms with Gasteiger partial charge in [-0.2, -0.15) is 11.8 Å². The number of carbonyl (C=O) groups is 1. The Morgan fingerprint density at radius 3 is 2.68 bits per heavy atom. The minimum absolute atomic E-state index is 0.00317. The lowest BCUT2D eigenvalue weighted by Gasteiger charge is -2.34. The molecule has 6 heteroatoms. The Morgan fingerprint density at radius 2 is 1.93 bits per heavy atom. The number of likely N-dealkylation sites (tertiary alicyclic amines) is 1. The van der Waals surface area contributed by atoms with Crippen LogP contribution in [-0.4, -0.2) is 44.9 Å². The first-order valence-corrected chi connectivity index (χ1v) is 11.0. The molecule has 0 spiro atoms. The third-order valence-corrected chi connectivity index (χ3v) is 6.71. The first kappa shape index (κ1) is 17.6. The van der Waals surface area contributed by atoms with E-state index in [1.807, 2.05) is 65.2 Å². The van der Waals surface area contributed by atoms with Crippen LogP contribution in [0.3, 0.4) is 0 Å². The maximum atomic E-state index is 13.2. The summed E-state index contributed by atoms with van der Waals surface area (Å²) in [6.45, 7) is 0.762. The molecule has 0 radical (unpaired) electrons. The second kappa shape index (κ2) is 7.51. The van der Waals surface area contributed by atoms with Crippen molar-refractivity contribution in [3.63, 3.8) is 0 Å². The van der Waals surface area contributed by atoms with Crippen LogP contribution in [0.1, 0.15) is 41.5 Å². The molecule has 2 saturated heterocycles. The number of rotatable bonds is 4. The number of H-pyrrole nitrogens is 1. The Bertz CT molecular complexity index is 948. The van der Waals surface area contributed by atoms with E-state index in [1.165, 1.54) is 0 Å². The number of nitrogens with one attached hydrogen (secondary N) is 1. The summed E-state index contributed by atoms with van der Waals surface area (Å²) < 4.78 is 5.89. The molecule has 3 aromatic rings. The van der Waals surface area contributed by atoms with E-state index in [0.29, 0.717) is 11.7 Å². The van der Waals surface area contributed by atoms with Crippen molar-refractivity contribution in [3.8, 4) is 5.75 Å². The largest absolute Gasteiger partial charge is 0.489 e. The van der Waals surface area contributed by atoms with Gasteiger partial charge in [0.1, 0.15) is 17.7 Å². The number of benzene rings is 2. The molecule has 1 atom stereocenters. The number of carbonyl (C=O) groups excluding carboxylic acids is 1. The van der Waals surface area contributed by atoms with Gasteiger partial charge in [-0.05, 0) is 55.7 Å². The number of amides is 1. The molecule has 1 unspecified atom stereocenters. The zero-order chi connectivity index (χ0) is 18.9. The van der Waals surface area contributed by atoms with Crippen molar-refractivity contribution in [1.29, 1.82) is 0 Å². The summed E-state index contributed by atoms with van der Waals surface area (Å²) >= 11 is 1.90. The molecular formula is C22H23N3O2S. The first-order chi connectivity index (χ1) is 13.8. The number of ether oxygens (including phenoxy) is 1. The number of aromatic amines is 1. The maximum Gasteiger partial charge on any atom is 0.254 e. The molecule has 0 saturated carbocycles. The SMILES string of the molecule is O=C(c1ccc(OC2CSC2)cc1)N1CCCCC1c1nc2ccccc2[nH]1. The fraction of sp³-hybridized carbons (Fsp3) is 0.364. The summed E-state index contributed by atoms with van der Waals surface area (Å²) in [5.74, 6) is 3.89. The molecule has 2 aliphatic rings. The van der Waals surface area contributed by atoms with Gasteiger partial charge in [-0.15, -0.1) is 0 Å². The normalized spacial score (nSPS) is 20.1. The summed E-state index contributed by atoms with van der Waals surface area (Å²) in [4.78, 5) is 23.4. The zero-order valence-electron chi connectivity index (χ0n) is 15.6. The van der Waals surface area contributed by atoms with Gasteiger partial charge in [0.25, 0.3) is 5.91 Å². The first-order valence-electron chi connectivity index (χ1n) is 9.88. The van der Waals surface area contributed by atoms with Crippen molar-refractivity contribution in [3.05, 3.63) is 59.9 Å². The van der Waals surface area contributed by atoms with Crippen LogP contribution in [0.25, 0.3) is 11.0 Å². The van der Waals surface area contributed by atoms with E-state index in [9.17, 15) is 4.79 Å². The van der Waals surface area contributed by atoms with Gasteiger partial charge in [0, 0.05) is 23.6 Å². The monoisotopic (exact) mass is 393 g/mol. The van der Waals surface area contributed by atoms with Crippen LogP contribution in [0.4, 0.5) is 0 Å². The quantitative estimate of drug-likeness (QED) is 0.713. The van der Waals surface area contributed by atoms with Crippen LogP contribution in [0.5, 0.6) is 5.75 Å². The molecular weight excluding hydrogens is 370 g/mol. The maximum absolute atomic E-state index is 13.2. The molecule has 0 aliphatic carbocycles.